The van der Waals surface area contributed by atoms with Gasteiger partial charge in [-0.15, -0.1) is 0 Å². The van der Waals surface area contributed by atoms with Gasteiger partial charge in [-0.1, -0.05) is 41.5 Å². The molecule has 0 aliphatic carbocycles. The molecule has 0 heterocycles. The van der Waals surface area contributed by atoms with Crippen LogP contribution in [0.3, 0.4) is 0 Å². The Labute approximate surface area is 77.9 Å². The Kier molecular flexibility index (Phi) is 4.84. The Bertz CT molecular complexity index is 111. The summed E-state index contributed by atoms with van der Waals surface area (Å²) in [4.78, 5) is 0. The molecule has 0 fully saturated rings. The molecule has 0 saturated carbocycles. The van der Waals surface area contributed by atoms with Crippen molar-refractivity contribution < 1.29 is 0 Å². The van der Waals surface area contributed by atoms with E-state index in [1.165, 1.54) is 6.42 Å². The largest absolute Gasteiger partial charge is 0.314 e. The molecular weight excluding hydrogens is 146 g/mol. The minimum absolute atomic E-state index is 0.389. The summed E-state index contributed by atoms with van der Waals surface area (Å²) in [5.74, 6) is 0.785. The van der Waals surface area contributed by atoms with Gasteiger partial charge in [0.2, 0.25) is 0 Å². The Morgan fingerprint density at radius 2 is 1.67 bits per heavy atom. The van der Waals surface area contributed by atoms with E-state index in [1.807, 2.05) is 0 Å². The van der Waals surface area contributed by atoms with Crippen molar-refractivity contribution in [1.82, 2.24) is 5.32 Å². The maximum Gasteiger partial charge on any atom is 0.0118 e. The lowest BCUT2D eigenvalue weighted by Gasteiger charge is -2.32. The predicted molar refractivity (Wildman–Crippen MR) is 56.4 cm³/mol. The van der Waals surface area contributed by atoms with E-state index < -0.39 is 0 Å². The number of nitrogens with one attached hydrogen (secondary N) is 1. The van der Waals surface area contributed by atoms with Crippen LogP contribution in [-0.4, -0.2) is 12.6 Å². The molecular formula is C11H25N. The van der Waals surface area contributed by atoms with Crippen molar-refractivity contribution in [3.63, 3.8) is 0 Å². The molecule has 1 heteroatoms. The highest BCUT2D eigenvalue weighted by molar-refractivity contribution is 4.80. The second kappa shape index (κ2) is 4.86. The topological polar surface area (TPSA) is 12.0 Å². The van der Waals surface area contributed by atoms with Crippen LogP contribution in [0.4, 0.5) is 0 Å². The Morgan fingerprint density at radius 3 is 1.92 bits per heavy atom. The van der Waals surface area contributed by atoms with Gasteiger partial charge in [0.1, 0.15) is 0 Å². The monoisotopic (exact) mass is 171 g/mol. The fourth-order valence-electron chi connectivity index (χ4n) is 1.46. The quantitative estimate of drug-likeness (QED) is 0.685. The van der Waals surface area contributed by atoms with E-state index in [1.54, 1.807) is 0 Å². The van der Waals surface area contributed by atoms with Crippen LogP contribution in [0, 0.1) is 11.3 Å². The van der Waals surface area contributed by atoms with E-state index in [9.17, 15) is 0 Å². The minimum Gasteiger partial charge on any atom is -0.314 e. The maximum atomic E-state index is 3.55. The molecule has 0 spiro atoms. The van der Waals surface area contributed by atoms with Crippen molar-refractivity contribution in [2.45, 2.75) is 54.0 Å². The molecule has 1 nitrogen and oxygen atoms in total. The van der Waals surface area contributed by atoms with Gasteiger partial charge >= 0.3 is 0 Å². The normalized spacial score (nSPS) is 15.2. The SMILES string of the molecule is CCN[C@@H](CC(C)C)C(C)(C)C. The number of hydrogen-bond donors (Lipinski definition) is 1. The smallest absolute Gasteiger partial charge is 0.0118 e. The number of hydrogen-bond acceptors (Lipinski definition) is 1. The molecule has 0 rings (SSSR count). The van der Waals surface area contributed by atoms with Gasteiger partial charge < -0.3 is 5.32 Å². The highest BCUT2D eigenvalue weighted by Crippen LogP contribution is 2.24. The highest BCUT2D eigenvalue weighted by Gasteiger charge is 2.23. The first-order valence-corrected chi connectivity index (χ1v) is 5.11. The van der Waals surface area contributed by atoms with Crippen molar-refractivity contribution in [3.8, 4) is 0 Å². The van der Waals surface area contributed by atoms with E-state index in [0.717, 1.165) is 12.5 Å². The van der Waals surface area contributed by atoms with Gasteiger partial charge in [-0.2, -0.15) is 0 Å². The molecule has 1 atom stereocenters. The summed E-state index contributed by atoms with van der Waals surface area (Å²) in [6, 6.07) is 0.655. The zero-order valence-electron chi connectivity index (χ0n) is 9.57. The van der Waals surface area contributed by atoms with Crippen molar-refractivity contribution in [2.75, 3.05) is 6.54 Å². The molecule has 0 amide bonds. The summed E-state index contributed by atoms with van der Waals surface area (Å²) in [5, 5.41) is 3.55. The molecule has 0 aliphatic heterocycles. The predicted octanol–water partition coefficient (Wildman–Crippen LogP) is 3.06. The first-order valence-electron chi connectivity index (χ1n) is 5.11. The Hall–Kier alpha value is -0.0400. The van der Waals surface area contributed by atoms with E-state index >= 15 is 0 Å². The maximum absolute atomic E-state index is 3.55. The standard InChI is InChI=1S/C11H25N/c1-7-12-10(8-9(2)3)11(4,5)6/h9-10,12H,7-8H2,1-6H3/t10-/m0/s1. The van der Waals surface area contributed by atoms with Crippen LogP contribution < -0.4 is 5.32 Å². The zero-order valence-corrected chi connectivity index (χ0v) is 9.57. The molecule has 0 aromatic rings. The van der Waals surface area contributed by atoms with E-state index in [-0.39, 0.29) is 0 Å². The van der Waals surface area contributed by atoms with Crippen LogP contribution in [0.25, 0.3) is 0 Å². The van der Waals surface area contributed by atoms with Crippen LogP contribution in [0.5, 0.6) is 0 Å². The van der Waals surface area contributed by atoms with Crippen molar-refractivity contribution in [2.24, 2.45) is 11.3 Å². The Morgan fingerprint density at radius 1 is 1.17 bits per heavy atom. The average molecular weight is 171 g/mol. The van der Waals surface area contributed by atoms with Gasteiger partial charge in [0.05, 0.1) is 0 Å². The summed E-state index contributed by atoms with van der Waals surface area (Å²) >= 11 is 0. The van der Waals surface area contributed by atoms with E-state index in [4.69, 9.17) is 0 Å². The van der Waals surface area contributed by atoms with Crippen LogP contribution >= 0.6 is 0 Å². The van der Waals surface area contributed by atoms with Crippen LogP contribution in [0.15, 0.2) is 0 Å². The van der Waals surface area contributed by atoms with E-state index in [0.29, 0.717) is 11.5 Å². The van der Waals surface area contributed by atoms with Crippen LogP contribution in [-0.2, 0) is 0 Å². The lowest BCUT2D eigenvalue weighted by atomic mass is 9.82. The first kappa shape index (κ1) is 12.0. The third kappa shape index (κ3) is 4.76. The van der Waals surface area contributed by atoms with Gasteiger partial charge in [0.25, 0.3) is 0 Å². The number of rotatable bonds is 4. The fraction of sp³-hybridized carbons (Fsp3) is 1.00. The molecule has 0 aromatic heterocycles. The Balaban J connectivity index is 4.04. The minimum atomic E-state index is 0.389. The molecule has 0 unspecified atom stereocenters. The summed E-state index contributed by atoms with van der Waals surface area (Å²) in [6.45, 7) is 14.8. The second-order valence-electron chi connectivity index (χ2n) is 5.11. The molecule has 0 bridgehead atoms. The van der Waals surface area contributed by atoms with Gasteiger partial charge in [-0.3, -0.25) is 0 Å². The van der Waals surface area contributed by atoms with Gasteiger partial charge in [0, 0.05) is 6.04 Å². The van der Waals surface area contributed by atoms with Crippen molar-refractivity contribution in [3.05, 3.63) is 0 Å². The molecule has 1 N–H and O–H groups in total. The third-order valence-corrected chi connectivity index (χ3v) is 2.20. The summed E-state index contributed by atoms with van der Waals surface area (Å²) in [5.41, 5.74) is 0.389. The molecule has 0 aromatic carbocycles. The summed E-state index contributed by atoms with van der Waals surface area (Å²) < 4.78 is 0. The molecule has 12 heavy (non-hydrogen) atoms. The van der Waals surface area contributed by atoms with Crippen molar-refractivity contribution >= 4 is 0 Å². The third-order valence-electron chi connectivity index (χ3n) is 2.20. The van der Waals surface area contributed by atoms with Crippen molar-refractivity contribution in [1.29, 1.82) is 0 Å². The van der Waals surface area contributed by atoms with Crippen LogP contribution in [0.2, 0.25) is 0 Å². The lowest BCUT2D eigenvalue weighted by Crippen LogP contribution is -2.41. The summed E-state index contributed by atoms with van der Waals surface area (Å²) in [6.07, 6.45) is 1.28. The van der Waals surface area contributed by atoms with Gasteiger partial charge in [-0.05, 0) is 24.3 Å². The fourth-order valence-corrected chi connectivity index (χ4v) is 1.46. The summed E-state index contributed by atoms with van der Waals surface area (Å²) in [7, 11) is 0. The molecule has 0 aliphatic rings. The van der Waals surface area contributed by atoms with Gasteiger partial charge in [0.15, 0.2) is 0 Å². The first-order chi connectivity index (χ1) is 5.38. The molecule has 74 valence electrons. The second-order valence-corrected chi connectivity index (χ2v) is 5.11. The zero-order chi connectivity index (χ0) is 9.78. The van der Waals surface area contributed by atoms with Crippen LogP contribution in [0.1, 0.15) is 48.0 Å². The average Bonchev–Trinajstić information content (AvgIpc) is 1.83. The molecule has 0 saturated heterocycles. The highest BCUT2D eigenvalue weighted by atomic mass is 14.9. The lowest BCUT2D eigenvalue weighted by molar-refractivity contribution is 0.237. The molecule has 0 radical (unpaired) electrons. The van der Waals surface area contributed by atoms with Gasteiger partial charge in [-0.25, -0.2) is 0 Å². The van der Waals surface area contributed by atoms with E-state index in [2.05, 4.69) is 46.9 Å².